The molecule has 0 radical (unpaired) electrons. The molecule has 0 unspecified atom stereocenters. The predicted molar refractivity (Wildman–Crippen MR) is 60.3 cm³/mol. The minimum Gasteiger partial charge on any atom is -0.373 e. The molecular weight excluding hydrogens is 210 g/mol. The van der Waals surface area contributed by atoms with E-state index < -0.39 is 0 Å². The lowest BCUT2D eigenvalue weighted by Crippen LogP contribution is -2.42. The summed E-state index contributed by atoms with van der Waals surface area (Å²) in [6.07, 6.45) is 1.49. The smallest absolute Gasteiger partial charge is 0.0738 e. The van der Waals surface area contributed by atoms with E-state index in [0.29, 0.717) is 18.6 Å². The number of rotatable bonds is 0. The highest BCUT2D eigenvalue weighted by Crippen LogP contribution is 2.37. The van der Waals surface area contributed by atoms with Gasteiger partial charge in [-0.2, -0.15) is 0 Å². The van der Waals surface area contributed by atoms with E-state index in [9.17, 15) is 0 Å². The van der Waals surface area contributed by atoms with Crippen molar-refractivity contribution < 1.29 is 4.74 Å². The van der Waals surface area contributed by atoms with Crippen molar-refractivity contribution in [3.63, 3.8) is 0 Å². The molecule has 1 aromatic rings. The quantitative estimate of drug-likeness (QED) is 0.729. The highest BCUT2D eigenvalue weighted by molar-refractivity contribution is 6.31. The molecule has 2 aliphatic heterocycles. The summed E-state index contributed by atoms with van der Waals surface area (Å²) in [6.45, 7) is 2.76. The van der Waals surface area contributed by atoms with E-state index in [1.165, 1.54) is 11.1 Å². The summed E-state index contributed by atoms with van der Waals surface area (Å²) in [5.41, 5.74) is 2.56. The summed E-state index contributed by atoms with van der Waals surface area (Å²) in [6, 6.07) is 6.17. The molecule has 2 atom stereocenters. The van der Waals surface area contributed by atoms with Crippen LogP contribution >= 0.6 is 11.6 Å². The average Bonchev–Trinajstić information content (AvgIpc) is 2.29. The van der Waals surface area contributed by atoms with Gasteiger partial charge in [0.15, 0.2) is 0 Å². The Morgan fingerprint density at radius 2 is 2.33 bits per heavy atom. The van der Waals surface area contributed by atoms with Crippen molar-refractivity contribution in [3.8, 4) is 0 Å². The molecule has 80 valence electrons. The Morgan fingerprint density at radius 1 is 1.40 bits per heavy atom. The van der Waals surface area contributed by atoms with Crippen LogP contribution in [0.25, 0.3) is 0 Å². The number of piperidine rings is 1. The van der Waals surface area contributed by atoms with Crippen LogP contribution in [0.1, 0.15) is 23.5 Å². The van der Waals surface area contributed by atoms with Gasteiger partial charge in [0.2, 0.25) is 0 Å². The Kier molecular flexibility index (Phi) is 2.43. The topological polar surface area (TPSA) is 21.3 Å². The summed E-state index contributed by atoms with van der Waals surface area (Å²) in [4.78, 5) is 0. The Morgan fingerprint density at radius 3 is 3.27 bits per heavy atom. The van der Waals surface area contributed by atoms with Gasteiger partial charge >= 0.3 is 0 Å². The molecule has 1 fully saturated rings. The predicted octanol–water partition coefficient (Wildman–Crippen LogP) is 2.32. The van der Waals surface area contributed by atoms with Crippen LogP contribution in [0.15, 0.2) is 18.2 Å². The third-order valence-corrected chi connectivity index (χ3v) is 3.77. The van der Waals surface area contributed by atoms with Gasteiger partial charge in [-0.15, -0.1) is 0 Å². The number of hydrogen-bond acceptors (Lipinski definition) is 2. The summed E-state index contributed by atoms with van der Waals surface area (Å²) in [5, 5.41) is 4.27. The van der Waals surface area contributed by atoms with Gasteiger partial charge in [0, 0.05) is 17.5 Å². The second-order valence-corrected chi connectivity index (χ2v) is 4.66. The molecule has 0 spiro atoms. The summed E-state index contributed by atoms with van der Waals surface area (Å²) in [5.74, 6) is 0.487. The van der Waals surface area contributed by atoms with Gasteiger partial charge in [-0.25, -0.2) is 0 Å². The summed E-state index contributed by atoms with van der Waals surface area (Å²) in [7, 11) is 0. The van der Waals surface area contributed by atoms with Gasteiger partial charge in [0.05, 0.1) is 12.7 Å². The molecule has 1 aromatic carbocycles. The van der Waals surface area contributed by atoms with E-state index in [-0.39, 0.29) is 0 Å². The van der Waals surface area contributed by atoms with Crippen molar-refractivity contribution in [2.45, 2.75) is 25.0 Å². The number of nitrogens with one attached hydrogen (secondary N) is 1. The molecule has 0 amide bonds. The molecule has 1 N–H and O–H groups in total. The molecule has 1 saturated heterocycles. The number of benzene rings is 1. The zero-order valence-corrected chi connectivity index (χ0v) is 9.26. The van der Waals surface area contributed by atoms with Gasteiger partial charge in [-0.05, 0) is 30.2 Å². The van der Waals surface area contributed by atoms with E-state index >= 15 is 0 Å². The maximum atomic E-state index is 6.17. The highest BCUT2D eigenvalue weighted by atomic mass is 35.5. The van der Waals surface area contributed by atoms with Gasteiger partial charge in [0.25, 0.3) is 0 Å². The number of ether oxygens (including phenoxy) is 1. The molecule has 0 aliphatic carbocycles. The van der Waals surface area contributed by atoms with Crippen molar-refractivity contribution >= 4 is 11.6 Å². The molecule has 3 heteroatoms. The van der Waals surface area contributed by atoms with Crippen LogP contribution in [0, 0.1) is 0 Å². The fourth-order valence-electron chi connectivity index (χ4n) is 2.61. The van der Waals surface area contributed by atoms with Crippen molar-refractivity contribution in [1.29, 1.82) is 0 Å². The van der Waals surface area contributed by atoms with Crippen LogP contribution in [-0.2, 0) is 11.3 Å². The van der Waals surface area contributed by atoms with Crippen LogP contribution < -0.4 is 5.32 Å². The van der Waals surface area contributed by atoms with Crippen molar-refractivity contribution in [2.24, 2.45) is 0 Å². The first-order valence-corrected chi connectivity index (χ1v) is 5.83. The highest BCUT2D eigenvalue weighted by Gasteiger charge is 2.32. The fourth-order valence-corrected chi connectivity index (χ4v) is 2.85. The number of hydrogen-bond donors (Lipinski definition) is 1. The van der Waals surface area contributed by atoms with Crippen LogP contribution in [0.5, 0.6) is 0 Å². The van der Waals surface area contributed by atoms with Gasteiger partial charge in [-0.3, -0.25) is 0 Å². The van der Waals surface area contributed by atoms with Crippen molar-refractivity contribution in [2.75, 3.05) is 13.1 Å². The van der Waals surface area contributed by atoms with Crippen LogP contribution in [-0.4, -0.2) is 19.2 Å². The second kappa shape index (κ2) is 3.78. The van der Waals surface area contributed by atoms with E-state index in [2.05, 4.69) is 11.4 Å². The molecule has 0 saturated carbocycles. The van der Waals surface area contributed by atoms with E-state index in [0.717, 1.165) is 24.5 Å². The Bertz CT molecular complexity index is 380. The molecule has 15 heavy (non-hydrogen) atoms. The maximum Gasteiger partial charge on any atom is 0.0738 e. The van der Waals surface area contributed by atoms with E-state index in [1.807, 2.05) is 12.1 Å². The third-order valence-electron chi connectivity index (χ3n) is 3.41. The normalized spacial score (nSPS) is 29.4. The van der Waals surface area contributed by atoms with Crippen molar-refractivity contribution in [3.05, 3.63) is 34.3 Å². The molecule has 3 rings (SSSR count). The lowest BCUT2D eigenvalue weighted by atomic mass is 9.84. The fraction of sp³-hybridized carbons (Fsp3) is 0.500. The second-order valence-electron chi connectivity index (χ2n) is 4.26. The zero-order chi connectivity index (χ0) is 10.3. The first kappa shape index (κ1) is 9.64. The SMILES string of the molecule is Clc1cccc2c1CO[C@H]1CCNC[C@H]21. The molecule has 0 bridgehead atoms. The third kappa shape index (κ3) is 1.57. The molecule has 0 aromatic heterocycles. The van der Waals surface area contributed by atoms with Gasteiger partial charge < -0.3 is 10.1 Å². The minimum absolute atomic E-state index is 0.386. The van der Waals surface area contributed by atoms with Gasteiger partial charge in [-0.1, -0.05) is 23.7 Å². The summed E-state index contributed by atoms with van der Waals surface area (Å²) >= 11 is 6.17. The zero-order valence-electron chi connectivity index (χ0n) is 8.50. The van der Waals surface area contributed by atoms with Crippen molar-refractivity contribution in [1.82, 2.24) is 5.32 Å². The van der Waals surface area contributed by atoms with Crippen LogP contribution in [0.2, 0.25) is 5.02 Å². The van der Waals surface area contributed by atoms with E-state index in [4.69, 9.17) is 16.3 Å². The van der Waals surface area contributed by atoms with Crippen LogP contribution in [0.3, 0.4) is 0 Å². The molecule has 2 nitrogen and oxygen atoms in total. The van der Waals surface area contributed by atoms with Gasteiger partial charge in [0.1, 0.15) is 0 Å². The first-order valence-electron chi connectivity index (χ1n) is 5.46. The minimum atomic E-state index is 0.386. The van der Waals surface area contributed by atoms with E-state index in [1.54, 1.807) is 0 Å². The molecule has 2 heterocycles. The Balaban J connectivity index is 2.03. The maximum absolute atomic E-state index is 6.17. The Hall–Kier alpha value is -0.570. The monoisotopic (exact) mass is 223 g/mol. The standard InChI is InChI=1S/C12H14ClNO/c13-11-3-1-2-8-9-6-14-5-4-12(9)15-7-10(8)11/h1-3,9,12,14H,4-7H2/t9-,12+/m1/s1. The number of halogens is 1. The Labute approximate surface area is 94.6 Å². The average molecular weight is 224 g/mol. The summed E-state index contributed by atoms with van der Waals surface area (Å²) < 4.78 is 5.86. The molecule has 2 aliphatic rings. The number of fused-ring (bicyclic) bond motifs is 3. The lowest BCUT2D eigenvalue weighted by molar-refractivity contribution is -0.00674. The lowest BCUT2D eigenvalue weighted by Gasteiger charge is -2.37. The largest absolute Gasteiger partial charge is 0.373 e. The first-order chi connectivity index (χ1) is 7.36. The molecular formula is C12H14ClNO. The van der Waals surface area contributed by atoms with Crippen LogP contribution in [0.4, 0.5) is 0 Å².